The van der Waals surface area contributed by atoms with Crippen LogP contribution < -0.4 is 4.74 Å². The highest BCUT2D eigenvalue weighted by Crippen LogP contribution is 2.27. The van der Waals surface area contributed by atoms with Crippen molar-refractivity contribution >= 4 is 40.5 Å². The van der Waals surface area contributed by atoms with Crippen molar-refractivity contribution in [3.05, 3.63) is 51.0 Å². The van der Waals surface area contributed by atoms with Gasteiger partial charge in [-0.15, -0.1) is 0 Å². The largest absolute Gasteiger partial charge is 0.492 e. The average Bonchev–Trinajstić information content (AvgIpc) is 3.29. The molecule has 1 aromatic carbocycles. The third kappa shape index (κ3) is 5.20. The summed E-state index contributed by atoms with van der Waals surface area (Å²) in [5, 5.41) is 8.64. The summed E-state index contributed by atoms with van der Waals surface area (Å²) in [5.74, 6) is 0.886. The number of hydrogen-bond donors (Lipinski definition) is 0. The van der Waals surface area contributed by atoms with Gasteiger partial charge >= 0.3 is 5.97 Å². The van der Waals surface area contributed by atoms with E-state index < -0.39 is 0 Å². The minimum absolute atomic E-state index is 0.0557. The molecule has 136 valence electrons. The SMILES string of the molecule is O=C(CCCOc1ccc(Cl)cc1Cl)OCc1nc(-c2ccsc2)no1. The molecule has 0 unspecified atom stereocenters. The highest BCUT2D eigenvalue weighted by atomic mass is 35.5. The lowest BCUT2D eigenvalue weighted by Gasteiger charge is -2.08. The number of esters is 1. The molecular weight excluding hydrogens is 399 g/mol. The Hall–Kier alpha value is -2.09. The molecule has 0 radical (unpaired) electrons. The second kappa shape index (κ2) is 9.02. The van der Waals surface area contributed by atoms with E-state index in [0.717, 1.165) is 5.56 Å². The first-order chi connectivity index (χ1) is 12.6. The average molecular weight is 413 g/mol. The summed E-state index contributed by atoms with van der Waals surface area (Å²) in [6.07, 6.45) is 0.693. The van der Waals surface area contributed by atoms with Gasteiger partial charge in [-0.1, -0.05) is 28.4 Å². The lowest BCUT2D eigenvalue weighted by molar-refractivity contribution is -0.146. The topological polar surface area (TPSA) is 74.5 Å². The van der Waals surface area contributed by atoms with Crippen LogP contribution in [0.4, 0.5) is 0 Å². The summed E-state index contributed by atoms with van der Waals surface area (Å²) in [6.45, 7) is 0.277. The molecule has 9 heteroatoms. The Balaban J connectivity index is 1.37. The third-order valence-electron chi connectivity index (χ3n) is 3.28. The van der Waals surface area contributed by atoms with Gasteiger partial charge in [0, 0.05) is 22.4 Å². The molecule has 3 aromatic rings. The van der Waals surface area contributed by atoms with Crippen molar-refractivity contribution < 1.29 is 18.8 Å². The fraction of sp³-hybridized carbons (Fsp3) is 0.235. The lowest BCUT2D eigenvalue weighted by Crippen LogP contribution is -2.07. The van der Waals surface area contributed by atoms with Crippen molar-refractivity contribution in [1.82, 2.24) is 10.1 Å². The van der Waals surface area contributed by atoms with Crippen LogP contribution in [0.5, 0.6) is 5.75 Å². The Labute approximate surface area is 163 Å². The Morgan fingerprint density at radius 1 is 1.27 bits per heavy atom. The zero-order valence-corrected chi connectivity index (χ0v) is 15.8. The van der Waals surface area contributed by atoms with Gasteiger partial charge in [0.15, 0.2) is 6.61 Å². The van der Waals surface area contributed by atoms with Crippen molar-refractivity contribution in [3.8, 4) is 17.1 Å². The molecule has 0 aliphatic heterocycles. The van der Waals surface area contributed by atoms with Gasteiger partial charge in [-0.05, 0) is 36.1 Å². The fourth-order valence-electron chi connectivity index (χ4n) is 2.03. The molecule has 6 nitrogen and oxygen atoms in total. The van der Waals surface area contributed by atoms with Crippen LogP contribution in [0.1, 0.15) is 18.7 Å². The minimum Gasteiger partial charge on any atom is -0.492 e. The molecule has 0 N–H and O–H groups in total. The third-order valence-corrected chi connectivity index (χ3v) is 4.49. The van der Waals surface area contributed by atoms with Gasteiger partial charge in [0.2, 0.25) is 5.82 Å². The van der Waals surface area contributed by atoms with Crippen LogP contribution in [-0.2, 0) is 16.1 Å². The predicted molar refractivity (Wildman–Crippen MR) is 98.6 cm³/mol. The Morgan fingerprint density at radius 2 is 2.15 bits per heavy atom. The number of rotatable bonds is 8. The van der Waals surface area contributed by atoms with E-state index >= 15 is 0 Å². The van der Waals surface area contributed by atoms with Crippen LogP contribution in [0.25, 0.3) is 11.4 Å². The fourth-order valence-corrected chi connectivity index (χ4v) is 3.13. The molecule has 2 aromatic heterocycles. The van der Waals surface area contributed by atoms with E-state index in [1.807, 2.05) is 16.8 Å². The van der Waals surface area contributed by atoms with Crippen molar-refractivity contribution in [2.24, 2.45) is 0 Å². The van der Waals surface area contributed by atoms with Gasteiger partial charge in [-0.2, -0.15) is 16.3 Å². The van der Waals surface area contributed by atoms with Crippen molar-refractivity contribution in [1.29, 1.82) is 0 Å². The number of hydrogen-bond acceptors (Lipinski definition) is 7. The van der Waals surface area contributed by atoms with Gasteiger partial charge in [-0.3, -0.25) is 4.79 Å². The Morgan fingerprint density at radius 3 is 2.92 bits per heavy atom. The van der Waals surface area contributed by atoms with Gasteiger partial charge < -0.3 is 14.0 Å². The van der Waals surface area contributed by atoms with Gasteiger partial charge in [0.05, 0.1) is 11.6 Å². The second-order valence-electron chi connectivity index (χ2n) is 5.21. The highest BCUT2D eigenvalue weighted by Gasteiger charge is 2.11. The lowest BCUT2D eigenvalue weighted by atomic mass is 10.3. The first-order valence-corrected chi connectivity index (χ1v) is 9.40. The van der Waals surface area contributed by atoms with E-state index in [9.17, 15) is 4.79 Å². The van der Waals surface area contributed by atoms with Crippen molar-refractivity contribution in [3.63, 3.8) is 0 Å². The molecule has 0 amide bonds. The number of benzene rings is 1. The van der Waals surface area contributed by atoms with E-state index in [1.165, 1.54) is 11.3 Å². The van der Waals surface area contributed by atoms with E-state index in [2.05, 4.69) is 10.1 Å². The monoisotopic (exact) mass is 412 g/mol. The maximum Gasteiger partial charge on any atom is 0.306 e. The second-order valence-corrected chi connectivity index (χ2v) is 6.83. The van der Waals surface area contributed by atoms with Crippen LogP contribution in [0, 0.1) is 0 Å². The Kier molecular flexibility index (Phi) is 6.49. The number of carbonyl (C=O) groups is 1. The molecule has 2 heterocycles. The number of ether oxygens (including phenoxy) is 2. The molecule has 0 saturated heterocycles. The molecular formula is C17H14Cl2N2O4S. The van der Waals surface area contributed by atoms with Gasteiger partial charge in [-0.25, -0.2) is 0 Å². The maximum atomic E-state index is 11.8. The Bertz CT molecular complexity index is 868. The number of thiophene rings is 1. The zero-order chi connectivity index (χ0) is 18.4. The molecule has 26 heavy (non-hydrogen) atoms. The zero-order valence-electron chi connectivity index (χ0n) is 13.5. The normalized spacial score (nSPS) is 10.7. The number of carbonyl (C=O) groups excluding carboxylic acids is 1. The molecule has 0 fully saturated rings. The predicted octanol–water partition coefficient (Wildman–Crippen LogP) is 5.01. The summed E-state index contributed by atoms with van der Waals surface area (Å²) < 4.78 is 15.7. The molecule has 0 atom stereocenters. The molecule has 0 spiro atoms. The van der Waals surface area contributed by atoms with E-state index in [-0.39, 0.29) is 24.9 Å². The quantitative estimate of drug-likeness (QED) is 0.382. The number of halogens is 2. The summed E-state index contributed by atoms with van der Waals surface area (Å²) >= 11 is 13.4. The van der Waals surface area contributed by atoms with Gasteiger partial charge in [0.25, 0.3) is 5.89 Å². The van der Waals surface area contributed by atoms with Crippen LogP contribution in [0.3, 0.4) is 0 Å². The van der Waals surface area contributed by atoms with Crippen molar-refractivity contribution in [2.75, 3.05) is 6.61 Å². The summed E-state index contributed by atoms with van der Waals surface area (Å²) in [6, 6.07) is 6.86. The summed E-state index contributed by atoms with van der Waals surface area (Å²) in [4.78, 5) is 15.9. The van der Waals surface area contributed by atoms with E-state index in [1.54, 1.807) is 18.2 Å². The van der Waals surface area contributed by atoms with Crippen LogP contribution >= 0.6 is 34.5 Å². The van der Waals surface area contributed by atoms with Crippen LogP contribution in [0.15, 0.2) is 39.5 Å². The number of nitrogens with zero attached hydrogens (tertiary/aromatic N) is 2. The first-order valence-electron chi connectivity index (χ1n) is 7.70. The molecule has 0 aliphatic rings. The standard InChI is InChI=1S/C17H14Cl2N2O4S/c18-12-3-4-14(13(19)8-12)23-6-1-2-16(22)24-9-15-20-17(21-25-15)11-5-7-26-10-11/h3-5,7-8,10H,1-2,6,9H2. The van der Waals surface area contributed by atoms with E-state index in [0.29, 0.717) is 34.6 Å². The summed E-state index contributed by atoms with van der Waals surface area (Å²) in [5.41, 5.74) is 0.870. The molecule has 3 rings (SSSR count). The first kappa shape index (κ1) is 18.7. The van der Waals surface area contributed by atoms with Crippen LogP contribution in [-0.4, -0.2) is 22.7 Å². The number of aromatic nitrogens is 2. The molecule has 0 bridgehead atoms. The molecule has 0 aliphatic carbocycles. The highest BCUT2D eigenvalue weighted by molar-refractivity contribution is 7.08. The van der Waals surface area contributed by atoms with Crippen LogP contribution in [0.2, 0.25) is 10.0 Å². The summed E-state index contributed by atoms with van der Waals surface area (Å²) in [7, 11) is 0. The minimum atomic E-state index is -0.369. The maximum absolute atomic E-state index is 11.8. The molecule has 0 saturated carbocycles. The van der Waals surface area contributed by atoms with E-state index in [4.69, 9.17) is 37.2 Å². The van der Waals surface area contributed by atoms with Crippen molar-refractivity contribution in [2.45, 2.75) is 19.4 Å². The smallest absolute Gasteiger partial charge is 0.306 e. The van der Waals surface area contributed by atoms with Gasteiger partial charge in [0.1, 0.15) is 5.75 Å².